The lowest BCUT2D eigenvalue weighted by Gasteiger charge is -2.13. The van der Waals surface area contributed by atoms with Crippen molar-refractivity contribution in [3.05, 3.63) is 0 Å². The van der Waals surface area contributed by atoms with Gasteiger partial charge in [-0.15, -0.1) is 0 Å². The van der Waals surface area contributed by atoms with E-state index in [-0.39, 0.29) is 0 Å². The molecule has 0 bridgehead atoms. The Balaban J connectivity index is 2.43. The van der Waals surface area contributed by atoms with Crippen LogP contribution in [-0.4, -0.2) is 44.9 Å². The third-order valence-electron chi connectivity index (χ3n) is 2.44. The van der Waals surface area contributed by atoms with Gasteiger partial charge in [-0.3, -0.25) is 9.36 Å². The zero-order chi connectivity index (χ0) is 12.9. The average Bonchev–Trinajstić information content (AvgIpc) is 2.82. The van der Waals surface area contributed by atoms with Crippen LogP contribution in [0.3, 0.4) is 0 Å². The Kier molecular flexibility index (Phi) is 5.27. The second-order valence-electron chi connectivity index (χ2n) is 3.58. The molecule has 8 heteroatoms. The molecule has 0 radical (unpaired) electrons. The third kappa shape index (κ3) is 4.20. The van der Waals surface area contributed by atoms with Crippen LogP contribution in [-0.2, 0) is 27.9 Å². The molecular formula is C9H16NO6P. The van der Waals surface area contributed by atoms with Gasteiger partial charge in [0.2, 0.25) is 0 Å². The second kappa shape index (κ2) is 6.26. The van der Waals surface area contributed by atoms with Crippen molar-refractivity contribution < 1.29 is 27.9 Å². The smallest absolute Gasteiger partial charge is 0.341 e. The zero-order valence-electron chi connectivity index (χ0n) is 9.80. The highest BCUT2D eigenvalue weighted by Crippen LogP contribution is 2.46. The minimum absolute atomic E-state index is 0.455. The van der Waals surface area contributed by atoms with Crippen LogP contribution in [0.15, 0.2) is 0 Å². The SMILES string of the molecule is COP(=O)(CC(=O)OC(=O)[C@@H]1CCCN1)OC. The monoisotopic (exact) mass is 265 g/mol. The van der Waals surface area contributed by atoms with Gasteiger partial charge in [0.25, 0.3) is 0 Å². The molecule has 0 amide bonds. The number of carbonyl (C=O) groups is 2. The molecule has 1 N–H and O–H groups in total. The van der Waals surface area contributed by atoms with Crippen LogP contribution in [0.4, 0.5) is 0 Å². The predicted octanol–water partition coefficient (Wildman–Crippen LogP) is 0.294. The van der Waals surface area contributed by atoms with Crippen LogP contribution in [0.1, 0.15) is 12.8 Å². The molecular weight excluding hydrogens is 249 g/mol. The lowest BCUT2D eigenvalue weighted by Crippen LogP contribution is -2.34. The fourth-order valence-corrected chi connectivity index (χ4v) is 2.25. The highest BCUT2D eigenvalue weighted by atomic mass is 31.2. The summed E-state index contributed by atoms with van der Waals surface area (Å²) in [6.07, 6.45) is 0.930. The summed E-state index contributed by atoms with van der Waals surface area (Å²) < 4.78 is 25.3. The van der Waals surface area contributed by atoms with Gasteiger partial charge in [-0.2, -0.15) is 0 Å². The van der Waals surface area contributed by atoms with Crippen molar-refractivity contribution in [2.24, 2.45) is 0 Å². The van der Waals surface area contributed by atoms with Gasteiger partial charge in [-0.25, -0.2) is 4.79 Å². The molecule has 1 heterocycles. The van der Waals surface area contributed by atoms with Crippen molar-refractivity contribution in [2.75, 3.05) is 26.9 Å². The van der Waals surface area contributed by atoms with Crippen LogP contribution in [0, 0.1) is 0 Å². The quantitative estimate of drug-likeness (QED) is 0.434. The summed E-state index contributed by atoms with van der Waals surface area (Å²) in [5.74, 6) is -1.55. The Bertz CT molecular complexity index is 330. The highest BCUT2D eigenvalue weighted by Gasteiger charge is 2.31. The molecule has 1 atom stereocenters. The maximum atomic E-state index is 11.6. The molecule has 1 saturated heterocycles. The normalized spacial score (nSPS) is 20.2. The van der Waals surface area contributed by atoms with Gasteiger partial charge in [0.1, 0.15) is 12.2 Å². The first-order valence-electron chi connectivity index (χ1n) is 5.19. The lowest BCUT2D eigenvalue weighted by molar-refractivity contribution is -0.159. The Morgan fingerprint density at radius 1 is 1.35 bits per heavy atom. The van der Waals surface area contributed by atoms with Gasteiger partial charge < -0.3 is 19.1 Å². The first-order chi connectivity index (χ1) is 8.00. The largest absolute Gasteiger partial charge is 0.391 e. The average molecular weight is 265 g/mol. The van der Waals surface area contributed by atoms with E-state index in [1.54, 1.807) is 0 Å². The Morgan fingerprint density at radius 2 is 2.00 bits per heavy atom. The molecule has 1 rings (SSSR count). The van der Waals surface area contributed by atoms with E-state index in [1.165, 1.54) is 0 Å². The number of hydrogen-bond acceptors (Lipinski definition) is 7. The molecule has 0 aromatic carbocycles. The summed E-state index contributed by atoms with van der Waals surface area (Å²) >= 11 is 0. The van der Waals surface area contributed by atoms with Gasteiger partial charge in [0.05, 0.1) is 0 Å². The maximum absolute atomic E-state index is 11.6. The zero-order valence-corrected chi connectivity index (χ0v) is 10.7. The van der Waals surface area contributed by atoms with E-state index < -0.39 is 31.7 Å². The van der Waals surface area contributed by atoms with E-state index >= 15 is 0 Å². The van der Waals surface area contributed by atoms with Crippen molar-refractivity contribution in [1.29, 1.82) is 0 Å². The maximum Gasteiger partial charge on any atom is 0.341 e. The number of esters is 2. The highest BCUT2D eigenvalue weighted by molar-refractivity contribution is 7.54. The standard InChI is InChI=1S/C9H16NO6P/c1-14-17(13,15-2)6-8(11)16-9(12)7-4-3-5-10-7/h7,10H,3-6H2,1-2H3/t7-/m0/s1. The number of rotatable bonds is 5. The topological polar surface area (TPSA) is 90.9 Å². The summed E-state index contributed by atoms with van der Waals surface area (Å²) in [5, 5.41) is 2.89. The van der Waals surface area contributed by atoms with Crippen LogP contribution in [0.5, 0.6) is 0 Å². The molecule has 0 aliphatic carbocycles. The number of carbonyl (C=O) groups excluding carboxylic acids is 2. The van der Waals surface area contributed by atoms with Crippen molar-refractivity contribution in [3.63, 3.8) is 0 Å². The van der Waals surface area contributed by atoms with Crippen LogP contribution < -0.4 is 5.32 Å². The molecule has 7 nitrogen and oxygen atoms in total. The summed E-state index contributed by atoms with van der Waals surface area (Å²) in [6.45, 7) is 0.725. The fraction of sp³-hybridized carbons (Fsp3) is 0.778. The molecule has 1 aliphatic heterocycles. The van der Waals surface area contributed by atoms with Crippen molar-refractivity contribution in [3.8, 4) is 0 Å². The molecule has 0 aromatic heterocycles. The predicted molar refractivity (Wildman–Crippen MR) is 58.6 cm³/mol. The molecule has 98 valence electrons. The Labute approximate surface area is 99.3 Å². The Morgan fingerprint density at radius 3 is 2.47 bits per heavy atom. The van der Waals surface area contributed by atoms with Crippen molar-refractivity contribution in [2.45, 2.75) is 18.9 Å². The molecule has 0 saturated carbocycles. The van der Waals surface area contributed by atoms with Crippen LogP contribution in [0.2, 0.25) is 0 Å². The van der Waals surface area contributed by atoms with E-state index in [0.717, 1.165) is 27.2 Å². The van der Waals surface area contributed by atoms with Crippen molar-refractivity contribution >= 4 is 19.5 Å². The van der Waals surface area contributed by atoms with Crippen molar-refractivity contribution in [1.82, 2.24) is 5.32 Å². The molecule has 0 unspecified atom stereocenters. The first-order valence-corrected chi connectivity index (χ1v) is 6.92. The summed E-state index contributed by atoms with van der Waals surface area (Å²) in [7, 11) is -1.14. The lowest BCUT2D eigenvalue weighted by atomic mass is 10.2. The van der Waals surface area contributed by atoms with Gasteiger partial charge in [-0.05, 0) is 19.4 Å². The second-order valence-corrected chi connectivity index (χ2v) is 5.84. The summed E-state index contributed by atoms with van der Waals surface area (Å²) in [6, 6.07) is -0.455. The molecule has 17 heavy (non-hydrogen) atoms. The molecule has 0 spiro atoms. The van der Waals surface area contributed by atoms with E-state index in [2.05, 4.69) is 19.1 Å². The molecule has 1 fully saturated rings. The van der Waals surface area contributed by atoms with E-state index in [0.29, 0.717) is 6.42 Å². The first kappa shape index (κ1) is 14.3. The van der Waals surface area contributed by atoms with Crippen LogP contribution >= 0.6 is 7.60 Å². The van der Waals surface area contributed by atoms with Gasteiger partial charge in [0.15, 0.2) is 0 Å². The van der Waals surface area contributed by atoms with E-state index in [9.17, 15) is 14.2 Å². The fourth-order valence-electron chi connectivity index (χ4n) is 1.46. The van der Waals surface area contributed by atoms with Crippen LogP contribution in [0.25, 0.3) is 0 Å². The number of nitrogens with one attached hydrogen (secondary N) is 1. The number of ether oxygens (including phenoxy) is 1. The van der Waals surface area contributed by atoms with E-state index in [1.807, 2.05) is 0 Å². The minimum Gasteiger partial charge on any atom is -0.391 e. The third-order valence-corrected chi connectivity index (χ3v) is 4.20. The summed E-state index contributed by atoms with van der Waals surface area (Å²) in [4.78, 5) is 22.8. The number of hydrogen-bond donors (Lipinski definition) is 1. The Hall–Kier alpha value is -0.750. The molecule has 1 aliphatic rings. The van der Waals surface area contributed by atoms with Gasteiger partial charge in [-0.1, -0.05) is 0 Å². The van der Waals surface area contributed by atoms with E-state index in [4.69, 9.17) is 0 Å². The summed E-state index contributed by atoms with van der Waals surface area (Å²) in [5.41, 5.74) is 0. The minimum atomic E-state index is -3.47. The molecule has 0 aromatic rings. The van der Waals surface area contributed by atoms with Gasteiger partial charge in [0, 0.05) is 14.2 Å². The van der Waals surface area contributed by atoms with Gasteiger partial charge >= 0.3 is 19.5 Å².